The van der Waals surface area contributed by atoms with Gasteiger partial charge in [-0.3, -0.25) is 4.79 Å². The van der Waals surface area contributed by atoms with Gasteiger partial charge in [0.25, 0.3) is 5.91 Å². The molecule has 1 fully saturated rings. The lowest BCUT2D eigenvalue weighted by Gasteiger charge is -2.42. The quantitative estimate of drug-likeness (QED) is 0.762. The summed E-state index contributed by atoms with van der Waals surface area (Å²) in [4.78, 5) is 12.0. The van der Waals surface area contributed by atoms with Crippen molar-refractivity contribution in [3.05, 3.63) is 0 Å². The van der Waals surface area contributed by atoms with Crippen LogP contribution in [0.2, 0.25) is 0 Å². The highest BCUT2D eigenvalue weighted by atomic mass is 19.3. The van der Waals surface area contributed by atoms with Crippen molar-refractivity contribution in [3.8, 4) is 0 Å². The van der Waals surface area contributed by atoms with E-state index in [1.165, 1.54) is 0 Å². The molecule has 0 aromatic heterocycles. The number of aliphatic hydroxyl groups is 1. The number of amides is 1. The van der Waals surface area contributed by atoms with Crippen LogP contribution >= 0.6 is 0 Å². The maximum absolute atomic E-state index is 12.9. The smallest absolute Gasteiger partial charge is 0.383 e. The highest BCUT2D eigenvalue weighted by molar-refractivity contribution is 5.84. The summed E-state index contributed by atoms with van der Waals surface area (Å²) in [6.45, 7) is 2.90. The van der Waals surface area contributed by atoms with Gasteiger partial charge >= 0.3 is 12.3 Å². The summed E-state index contributed by atoms with van der Waals surface area (Å²) in [5.74, 6) is -6.52. The molecule has 1 aliphatic heterocycles. The fourth-order valence-corrected chi connectivity index (χ4v) is 1.82. The van der Waals surface area contributed by atoms with E-state index in [9.17, 15) is 27.5 Å². The van der Waals surface area contributed by atoms with Crippen molar-refractivity contribution in [1.29, 1.82) is 0 Å². The first-order valence-corrected chi connectivity index (χ1v) is 5.22. The predicted octanol–water partition coefficient (Wildman–Crippen LogP) is 1.51. The number of alkyl halides is 4. The van der Waals surface area contributed by atoms with E-state index in [1.54, 1.807) is 13.8 Å². The Morgan fingerprint density at radius 1 is 1.47 bits per heavy atom. The van der Waals surface area contributed by atoms with Crippen LogP contribution < -0.4 is 0 Å². The molecule has 100 valence electrons. The summed E-state index contributed by atoms with van der Waals surface area (Å²) in [7, 11) is 0. The molecule has 0 aromatic rings. The van der Waals surface area contributed by atoms with Crippen molar-refractivity contribution in [2.75, 3.05) is 13.1 Å². The molecule has 0 aromatic carbocycles. The first kappa shape index (κ1) is 14.2. The van der Waals surface area contributed by atoms with E-state index in [0.717, 1.165) is 0 Å². The normalized spacial score (nSPS) is 25.2. The third kappa shape index (κ3) is 2.70. The van der Waals surface area contributed by atoms with Crippen molar-refractivity contribution in [2.45, 2.75) is 38.7 Å². The largest absolute Gasteiger partial charge is 0.392 e. The molecule has 1 unspecified atom stereocenters. The topological polar surface area (TPSA) is 40.5 Å². The van der Waals surface area contributed by atoms with Crippen molar-refractivity contribution in [3.63, 3.8) is 0 Å². The van der Waals surface area contributed by atoms with E-state index in [2.05, 4.69) is 0 Å². The van der Waals surface area contributed by atoms with Gasteiger partial charge in [-0.25, -0.2) is 8.78 Å². The van der Waals surface area contributed by atoms with Gasteiger partial charge in [0, 0.05) is 18.5 Å². The van der Waals surface area contributed by atoms with E-state index < -0.39 is 29.8 Å². The van der Waals surface area contributed by atoms with E-state index in [4.69, 9.17) is 0 Å². The number of carbonyl (C=O) groups excluding carboxylic acids is 1. The van der Waals surface area contributed by atoms with Crippen LogP contribution in [0.4, 0.5) is 17.6 Å². The number of piperidine rings is 1. The van der Waals surface area contributed by atoms with Crippen LogP contribution in [0.15, 0.2) is 0 Å². The summed E-state index contributed by atoms with van der Waals surface area (Å²) >= 11 is 0. The minimum absolute atomic E-state index is 0.109. The number of hydrogen-bond acceptors (Lipinski definition) is 2. The van der Waals surface area contributed by atoms with Gasteiger partial charge in [0.2, 0.25) is 0 Å². The first-order chi connectivity index (χ1) is 7.59. The average molecular weight is 257 g/mol. The monoisotopic (exact) mass is 257 g/mol. The molecule has 1 atom stereocenters. The lowest BCUT2D eigenvalue weighted by molar-refractivity contribution is -0.185. The molecule has 0 bridgehead atoms. The van der Waals surface area contributed by atoms with Gasteiger partial charge in [-0.15, -0.1) is 0 Å². The zero-order valence-electron chi connectivity index (χ0n) is 9.59. The fourth-order valence-electron chi connectivity index (χ4n) is 1.82. The van der Waals surface area contributed by atoms with Crippen LogP contribution in [0.1, 0.15) is 20.3 Å². The molecule has 1 heterocycles. The van der Waals surface area contributed by atoms with Crippen LogP contribution in [0.25, 0.3) is 0 Å². The van der Waals surface area contributed by atoms with Gasteiger partial charge in [0.1, 0.15) is 0 Å². The van der Waals surface area contributed by atoms with Gasteiger partial charge in [0.05, 0.1) is 6.10 Å². The Labute approximate surface area is 96.4 Å². The Bertz CT molecular complexity index is 307. The van der Waals surface area contributed by atoms with Crippen molar-refractivity contribution >= 4 is 5.91 Å². The summed E-state index contributed by atoms with van der Waals surface area (Å²) in [6.07, 6.45) is -4.63. The summed E-state index contributed by atoms with van der Waals surface area (Å²) < 4.78 is 49.8. The van der Waals surface area contributed by atoms with Gasteiger partial charge in [-0.1, -0.05) is 13.8 Å². The molecule has 0 aliphatic carbocycles. The second-order valence-corrected chi connectivity index (χ2v) is 4.94. The van der Waals surface area contributed by atoms with Crippen LogP contribution in [-0.2, 0) is 4.79 Å². The summed E-state index contributed by atoms with van der Waals surface area (Å²) in [5, 5.41) is 9.57. The van der Waals surface area contributed by atoms with Crippen molar-refractivity contribution in [1.82, 2.24) is 4.90 Å². The minimum atomic E-state index is -4.65. The summed E-state index contributed by atoms with van der Waals surface area (Å²) in [6, 6.07) is 0. The van der Waals surface area contributed by atoms with Crippen LogP contribution in [0.3, 0.4) is 0 Å². The maximum Gasteiger partial charge on any atom is 0.383 e. The number of halogens is 4. The maximum atomic E-state index is 12.9. The van der Waals surface area contributed by atoms with Crippen LogP contribution in [-0.4, -0.2) is 47.5 Å². The molecule has 17 heavy (non-hydrogen) atoms. The zero-order valence-corrected chi connectivity index (χ0v) is 9.59. The minimum Gasteiger partial charge on any atom is -0.392 e. The lowest BCUT2D eigenvalue weighted by atomic mass is 9.81. The molecule has 3 nitrogen and oxygen atoms in total. The Balaban J connectivity index is 2.79. The van der Waals surface area contributed by atoms with Gasteiger partial charge < -0.3 is 10.0 Å². The molecule has 0 radical (unpaired) electrons. The van der Waals surface area contributed by atoms with Gasteiger partial charge in [0.15, 0.2) is 0 Å². The number of hydrogen-bond donors (Lipinski definition) is 1. The predicted molar refractivity (Wildman–Crippen MR) is 51.9 cm³/mol. The third-order valence-corrected chi connectivity index (χ3v) is 3.02. The van der Waals surface area contributed by atoms with E-state index in [1.807, 2.05) is 0 Å². The summed E-state index contributed by atoms with van der Waals surface area (Å²) in [5.41, 5.74) is -0.772. The number of aliphatic hydroxyl groups excluding tert-OH is 1. The molecule has 0 saturated carbocycles. The molecule has 0 spiro atoms. The van der Waals surface area contributed by atoms with Crippen LogP contribution in [0.5, 0.6) is 0 Å². The number of nitrogens with zero attached hydrogens (tertiary/aromatic N) is 1. The standard InChI is InChI=1S/C10H15F4NO2/c1-9(2)5-15(4-3-6(9)16)8(17)10(13,14)7(11)12/h6-7,16H,3-5H2,1-2H3. The molecular weight excluding hydrogens is 242 g/mol. The average Bonchev–Trinajstić information content (AvgIpc) is 2.20. The number of likely N-dealkylation sites (tertiary alicyclic amines) is 1. The highest BCUT2D eigenvalue weighted by Crippen LogP contribution is 2.33. The van der Waals surface area contributed by atoms with Gasteiger partial charge in [-0.2, -0.15) is 8.78 Å². The van der Waals surface area contributed by atoms with E-state index in [0.29, 0.717) is 4.90 Å². The second kappa shape index (κ2) is 4.44. The van der Waals surface area contributed by atoms with E-state index >= 15 is 0 Å². The lowest BCUT2D eigenvalue weighted by Crippen LogP contribution is -2.56. The molecule has 1 rings (SSSR count). The Kier molecular flexibility index (Phi) is 3.71. The highest BCUT2D eigenvalue weighted by Gasteiger charge is 2.52. The molecule has 1 amide bonds. The first-order valence-electron chi connectivity index (χ1n) is 5.22. The van der Waals surface area contributed by atoms with Crippen molar-refractivity contribution < 1.29 is 27.5 Å². The molecule has 1 saturated heterocycles. The number of rotatable bonds is 2. The Hall–Kier alpha value is -0.850. The fraction of sp³-hybridized carbons (Fsp3) is 0.900. The second-order valence-electron chi connectivity index (χ2n) is 4.94. The van der Waals surface area contributed by atoms with E-state index in [-0.39, 0.29) is 19.5 Å². The van der Waals surface area contributed by atoms with Gasteiger partial charge in [-0.05, 0) is 6.42 Å². The molecule has 1 aliphatic rings. The van der Waals surface area contributed by atoms with Crippen LogP contribution in [0, 0.1) is 5.41 Å². The molecule has 1 N–H and O–H groups in total. The third-order valence-electron chi connectivity index (χ3n) is 3.02. The number of carbonyl (C=O) groups is 1. The Morgan fingerprint density at radius 2 is 2.00 bits per heavy atom. The Morgan fingerprint density at radius 3 is 2.41 bits per heavy atom. The zero-order chi connectivity index (χ0) is 13.4. The van der Waals surface area contributed by atoms with Crippen molar-refractivity contribution in [2.24, 2.45) is 5.41 Å². The molecular formula is C10H15F4NO2. The molecule has 7 heteroatoms. The SMILES string of the molecule is CC1(C)CN(C(=O)C(F)(F)C(F)F)CCC1O.